The number of anilines is 1. The van der Waals surface area contributed by atoms with Crippen molar-refractivity contribution in [1.29, 1.82) is 0 Å². The summed E-state index contributed by atoms with van der Waals surface area (Å²) in [5, 5.41) is 8.26. The van der Waals surface area contributed by atoms with Crippen LogP contribution in [0.2, 0.25) is 0 Å². The number of aromatic amines is 1. The first-order chi connectivity index (χ1) is 11.2. The maximum absolute atomic E-state index is 14.3. The van der Waals surface area contributed by atoms with Gasteiger partial charge in [-0.25, -0.2) is 13.2 Å². The van der Waals surface area contributed by atoms with Crippen molar-refractivity contribution in [3.63, 3.8) is 0 Å². The minimum absolute atomic E-state index is 0.200. The van der Waals surface area contributed by atoms with Gasteiger partial charge in [0, 0.05) is 5.69 Å². The first kappa shape index (κ1) is 16.5. The van der Waals surface area contributed by atoms with E-state index in [2.05, 4.69) is 15.5 Å². The lowest BCUT2D eigenvalue weighted by atomic mass is 9.79. The van der Waals surface area contributed by atoms with Gasteiger partial charge in [-0.05, 0) is 41.0 Å². The highest BCUT2D eigenvalue weighted by Crippen LogP contribution is 2.46. The first-order valence-electron chi connectivity index (χ1n) is 7.68. The summed E-state index contributed by atoms with van der Waals surface area (Å²) in [6.07, 6.45) is -1.15. The number of hydrogen-bond donors (Lipinski definition) is 2. The number of benzene rings is 1. The summed E-state index contributed by atoms with van der Waals surface area (Å²) in [7, 11) is 0. The van der Waals surface area contributed by atoms with E-state index >= 15 is 0 Å². The van der Waals surface area contributed by atoms with Crippen LogP contribution in [-0.2, 0) is 11.8 Å². The van der Waals surface area contributed by atoms with Crippen LogP contribution in [0.1, 0.15) is 54.4 Å². The molecule has 1 aliphatic carbocycles. The summed E-state index contributed by atoms with van der Waals surface area (Å²) >= 11 is 0. The molecule has 0 bridgehead atoms. The van der Waals surface area contributed by atoms with E-state index in [1.54, 1.807) is 0 Å². The van der Waals surface area contributed by atoms with Crippen LogP contribution in [0, 0.1) is 11.7 Å². The van der Waals surface area contributed by atoms with Crippen molar-refractivity contribution in [2.75, 3.05) is 5.32 Å². The molecule has 0 fully saturated rings. The minimum Gasteiger partial charge on any atom is -0.322 e. The molecule has 0 spiro atoms. The Bertz CT molecular complexity index is 798. The van der Waals surface area contributed by atoms with Crippen molar-refractivity contribution in [1.82, 2.24) is 10.2 Å². The normalized spacial score (nSPS) is 18.7. The second kappa shape index (κ2) is 5.65. The average Bonchev–Trinajstić information content (AvgIpc) is 3.07. The van der Waals surface area contributed by atoms with Gasteiger partial charge in [-0.2, -0.15) is 5.10 Å². The number of fused-ring (bicyclic) bond motifs is 1. The van der Waals surface area contributed by atoms with E-state index in [-0.39, 0.29) is 22.7 Å². The molecular formula is C17H18F3N3O. The van der Waals surface area contributed by atoms with Gasteiger partial charge >= 0.3 is 0 Å². The predicted molar refractivity (Wildman–Crippen MR) is 83.8 cm³/mol. The number of rotatable bonds is 3. The number of halogens is 3. The summed E-state index contributed by atoms with van der Waals surface area (Å²) in [6.45, 7) is 5.95. The largest absolute Gasteiger partial charge is 0.322 e. The molecule has 128 valence electrons. The van der Waals surface area contributed by atoms with Crippen LogP contribution < -0.4 is 5.32 Å². The summed E-state index contributed by atoms with van der Waals surface area (Å²) < 4.78 is 40.1. The quantitative estimate of drug-likeness (QED) is 0.881. The maximum atomic E-state index is 14.3. The van der Waals surface area contributed by atoms with Crippen molar-refractivity contribution in [3.05, 3.63) is 46.5 Å². The van der Waals surface area contributed by atoms with Gasteiger partial charge in [0.15, 0.2) is 0 Å². The van der Waals surface area contributed by atoms with Gasteiger partial charge in [-0.15, -0.1) is 0 Å². The smallest absolute Gasteiger partial charge is 0.280 e. The zero-order valence-electron chi connectivity index (χ0n) is 13.6. The van der Waals surface area contributed by atoms with Crippen molar-refractivity contribution < 1.29 is 18.0 Å². The Morgan fingerprint density at radius 3 is 2.79 bits per heavy atom. The highest BCUT2D eigenvalue weighted by molar-refractivity contribution is 6.05. The number of nitrogens with zero attached hydrogens (tertiary/aromatic N) is 1. The van der Waals surface area contributed by atoms with E-state index < -0.39 is 18.0 Å². The molecule has 1 aliphatic rings. The third-order valence-corrected chi connectivity index (χ3v) is 5.03. The number of amides is 1. The molecule has 2 aromatic rings. The van der Waals surface area contributed by atoms with Gasteiger partial charge in [0.1, 0.15) is 11.5 Å². The lowest BCUT2D eigenvalue weighted by Crippen LogP contribution is -2.22. The molecule has 0 saturated carbocycles. The van der Waals surface area contributed by atoms with Crippen molar-refractivity contribution >= 4 is 11.6 Å². The lowest BCUT2D eigenvalue weighted by molar-refractivity contribution is 0.101. The molecule has 0 saturated heterocycles. The van der Waals surface area contributed by atoms with Crippen molar-refractivity contribution in [3.8, 4) is 0 Å². The van der Waals surface area contributed by atoms with Crippen molar-refractivity contribution in [2.24, 2.45) is 5.92 Å². The molecule has 3 rings (SSSR count). The summed E-state index contributed by atoms with van der Waals surface area (Å²) in [5.41, 5.74) is 0.657. The third kappa shape index (κ3) is 2.48. The Labute approximate surface area is 137 Å². The number of H-pyrrole nitrogens is 1. The fourth-order valence-corrected chi connectivity index (χ4v) is 3.29. The second-order valence-corrected chi connectivity index (χ2v) is 6.73. The fourth-order valence-electron chi connectivity index (χ4n) is 3.29. The summed E-state index contributed by atoms with van der Waals surface area (Å²) in [4.78, 5) is 12.3. The number of aromatic nitrogens is 2. The van der Waals surface area contributed by atoms with Gasteiger partial charge in [-0.3, -0.25) is 9.89 Å². The molecule has 1 aromatic heterocycles. The third-order valence-electron chi connectivity index (χ3n) is 5.03. The van der Waals surface area contributed by atoms with Crippen molar-refractivity contribution in [2.45, 2.75) is 39.0 Å². The Balaban J connectivity index is 1.97. The van der Waals surface area contributed by atoms with Crippen LogP contribution >= 0.6 is 0 Å². The van der Waals surface area contributed by atoms with Crippen LogP contribution in [0.3, 0.4) is 0 Å². The topological polar surface area (TPSA) is 57.8 Å². The Morgan fingerprint density at radius 1 is 1.42 bits per heavy atom. The second-order valence-electron chi connectivity index (χ2n) is 6.73. The SMILES string of the molecule is CC1Cc2c(NC(=O)c3cn[nH]c3C(F)F)ccc(F)c2C1(C)C. The van der Waals surface area contributed by atoms with Gasteiger partial charge in [-0.1, -0.05) is 20.8 Å². The summed E-state index contributed by atoms with van der Waals surface area (Å²) in [5.74, 6) is -0.801. The Kier molecular flexibility index (Phi) is 3.89. The Morgan fingerprint density at radius 2 is 2.12 bits per heavy atom. The predicted octanol–water partition coefficient (Wildman–Crippen LogP) is 4.21. The zero-order valence-corrected chi connectivity index (χ0v) is 13.6. The number of nitrogens with one attached hydrogen (secondary N) is 2. The maximum Gasteiger partial charge on any atom is 0.280 e. The monoisotopic (exact) mass is 337 g/mol. The standard InChI is InChI=1S/C17H18F3N3O/c1-8-6-9-12(5-4-11(18)13(9)17(8,2)3)22-16(24)10-7-21-23-14(10)15(19)20/h4-5,7-8,15H,6H2,1-3H3,(H,21,23)(H,22,24). The van der Waals surface area contributed by atoms with Crippen LogP contribution in [0.4, 0.5) is 18.9 Å². The summed E-state index contributed by atoms with van der Waals surface area (Å²) in [6, 6.07) is 2.78. The first-order valence-corrected chi connectivity index (χ1v) is 7.68. The van der Waals surface area contributed by atoms with E-state index in [9.17, 15) is 18.0 Å². The van der Waals surface area contributed by atoms with Crippen LogP contribution in [-0.4, -0.2) is 16.1 Å². The minimum atomic E-state index is -2.83. The molecule has 24 heavy (non-hydrogen) atoms. The number of carbonyl (C=O) groups excluding carboxylic acids is 1. The molecule has 7 heteroatoms. The molecule has 1 aromatic carbocycles. The molecule has 1 atom stereocenters. The highest BCUT2D eigenvalue weighted by Gasteiger charge is 2.40. The molecule has 1 heterocycles. The van der Waals surface area contributed by atoms with E-state index in [1.807, 2.05) is 20.8 Å². The molecule has 0 radical (unpaired) electrons. The van der Waals surface area contributed by atoms with E-state index in [0.29, 0.717) is 17.7 Å². The number of hydrogen-bond acceptors (Lipinski definition) is 2. The molecule has 4 nitrogen and oxygen atoms in total. The van der Waals surface area contributed by atoms with Gasteiger partial charge in [0.2, 0.25) is 0 Å². The van der Waals surface area contributed by atoms with Crippen LogP contribution in [0.5, 0.6) is 0 Å². The zero-order chi connectivity index (χ0) is 17.6. The molecule has 0 aliphatic heterocycles. The average molecular weight is 337 g/mol. The number of carbonyl (C=O) groups is 1. The van der Waals surface area contributed by atoms with Crippen LogP contribution in [0.25, 0.3) is 0 Å². The fraction of sp³-hybridized carbons (Fsp3) is 0.412. The molecular weight excluding hydrogens is 319 g/mol. The van der Waals surface area contributed by atoms with Gasteiger partial charge in [0.05, 0.1) is 11.8 Å². The highest BCUT2D eigenvalue weighted by atomic mass is 19.3. The molecule has 1 unspecified atom stereocenters. The number of alkyl halides is 2. The van der Waals surface area contributed by atoms with Gasteiger partial charge in [0.25, 0.3) is 12.3 Å². The lowest BCUT2D eigenvalue weighted by Gasteiger charge is -2.25. The van der Waals surface area contributed by atoms with Crippen LogP contribution in [0.15, 0.2) is 18.3 Å². The molecule has 1 amide bonds. The van der Waals surface area contributed by atoms with E-state index in [0.717, 1.165) is 11.8 Å². The Hall–Kier alpha value is -2.31. The van der Waals surface area contributed by atoms with Gasteiger partial charge < -0.3 is 5.32 Å². The van der Waals surface area contributed by atoms with E-state index in [4.69, 9.17) is 0 Å². The molecule has 2 N–H and O–H groups in total. The van der Waals surface area contributed by atoms with E-state index in [1.165, 1.54) is 12.1 Å².